The minimum absolute atomic E-state index is 0.0467. The van der Waals surface area contributed by atoms with E-state index in [-0.39, 0.29) is 28.4 Å². The minimum Gasteiger partial charge on any atom is -0.505 e. The van der Waals surface area contributed by atoms with Gasteiger partial charge in [0.2, 0.25) is 0 Å². The molecule has 4 aliphatic carbocycles. The van der Waals surface area contributed by atoms with Gasteiger partial charge in [-0.1, -0.05) is 27.4 Å². The first-order valence-corrected chi connectivity index (χ1v) is 16.5. The number of aromatic nitrogens is 1. The zero-order chi connectivity index (χ0) is 31.7. The Bertz CT molecular complexity index is 1840. The number of aldehydes is 1. The zero-order valence-corrected chi connectivity index (χ0v) is 27.5. The van der Waals surface area contributed by atoms with Crippen molar-refractivity contribution in [3.05, 3.63) is 46.8 Å². The molecule has 2 unspecified atom stereocenters. The fourth-order valence-corrected chi connectivity index (χ4v) is 11.9. The zero-order valence-electron chi connectivity index (χ0n) is 27.5. The van der Waals surface area contributed by atoms with E-state index in [9.17, 15) is 20.1 Å². The molecular formula is C38H47NO5. The van der Waals surface area contributed by atoms with Crippen LogP contribution in [0.1, 0.15) is 115 Å². The van der Waals surface area contributed by atoms with Crippen molar-refractivity contribution < 1.29 is 24.9 Å². The molecule has 6 nitrogen and oxygen atoms in total. The van der Waals surface area contributed by atoms with Crippen LogP contribution < -0.4 is 0 Å². The monoisotopic (exact) mass is 597 g/mol. The Labute approximate surface area is 260 Å². The van der Waals surface area contributed by atoms with Crippen LogP contribution in [-0.4, -0.2) is 43.3 Å². The summed E-state index contributed by atoms with van der Waals surface area (Å²) in [7, 11) is 0. The SMILES string of the molecule is C=C(C)c1c(O)c2c3c(cc4c5c(n1c42)[C@@]1(C)C(CC[C@H]2[C@](C)(C=O)[C@@H](O)CC[C@@]21C)C5)C1=CC(C)(C)OC(C)(C)C1[C@@H]3O. The summed E-state index contributed by atoms with van der Waals surface area (Å²) in [5.41, 5.74) is 5.52. The van der Waals surface area contributed by atoms with Gasteiger partial charge < -0.3 is 29.3 Å². The second-order valence-electron chi connectivity index (χ2n) is 16.8. The lowest BCUT2D eigenvalue weighted by molar-refractivity contribution is -0.168. The van der Waals surface area contributed by atoms with Gasteiger partial charge in [0.05, 0.1) is 40.0 Å². The Morgan fingerprint density at radius 2 is 1.80 bits per heavy atom. The maximum absolute atomic E-state index is 12.7. The number of nitrogens with zero attached hydrogens (tertiary/aromatic N) is 1. The molecule has 234 valence electrons. The summed E-state index contributed by atoms with van der Waals surface area (Å²) in [5.74, 6) is 0.378. The minimum atomic E-state index is -0.820. The number of allylic oxidation sites excluding steroid dienone is 1. The molecule has 8 atom stereocenters. The van der Waals surface area contributed by atoms with E-state index >= 15 is 0 Å². The maximum Gasteiger partial charge on any atom is 0.149 e. The van der Waals surface area contributed by atoms with Crippen LogP contribution in [0.2, 0.25) is 0 Å². The van der Waals surface area contributed by atoms with Crippen molar-refractivity contribution in [2.45, 2.75) is 116 Å². The number of rotatable bonds is 2. The lowest BCUT2D eigenvalue weighted by Gasteiger charge is -2.63. The van der Waals surface area contributed by atoms with E-state index in [0.717, 1.165) is 70.5 Å². The van der Waals surface area contributed by atoms with Crippen LogP contribution in [0.3, 0.4) is 0 Å². The lowest BCUT2D eigenvalue weighted by atomic mass is 9.41. The number of hydrogen-bond acceptors (Lipinski definition) is 5. The summed E-state index contributed by atoms with van der Waals surface area (Å²) >= 11 is 0. The third-order valence-corrected chi connectivity index (χ3v) is 13.7. The van der Waals surface area contributed by atoms with Crippen LogP contribution in [0.4, 0.5) is 0 Å². The number of aliphatic hydroxyl groups excluding tert-OH is 2. The van der Waals surface area contributed by atoms with E-state index < -0.39 is 28.8 Å². The molecule has 3 heterocycles. The van der Waals surface area contributed by atoms with E-state index in [4.69, 9.17) is 4.74 Å². The molecule has 6 heteroatoms. The first-order chi connectivity index (χ1) is 20.4. The fraction of sp³-hybridized carbons (Fsp3) is 0.605. The second-order valence-corrected chi connectivity index (χ2v) is 16.8. The Morgan fingerprint density at radius 1 is 1.09 bits per heavy atom. The largest absolute Gasteiger partial charge is 0.505 e. The molecule has 0 bridgehead atoms. The molecule has 3 N–H and O–H groups in total. The van der Waals surface area contributed by atoms with E-state index in [1.807, 2.05) is 13.8 Å². The van der Waals surface area contributed by atoms with Gasteiger partial charge in [-0.25, -0.2) is 0 Å². The molecule has 0 radical (unpaired) electrons. The number of aromatic hydroxyl groups is 1. The van der Waals surface area contributed by atoms with Crippen LogP contribution >= 0.6 is 0 Å². The number of hydrogen-bond donors (Lipinski definition) is 3. The van der Waals surface area contributed by atoms with Crippen molar-refractivity contribution in [2.24, 2.45) is 28.6 Å². The normalized spacial score (nSPS) is 39.9. The first kappa shape index (κ1) is 28.8. The Morgan fingerprint density at radius 3 is 2.45 bits per heavy atom. The second kappa shape index (κ2) is 8.18. The quantitative estimate of drug-likeness (QED) is 0.274. The van der Waals surface area contributed by atoms with Crippen LogP contribution in [-0.2, 0) is 21.4 Å². The van der Waals surface area contributed by atoms with E-state index in [2.05, 4.69) is 64.7 Å². The molecule has 2 fully saturated rings. The topological polar surface area (TPSA) is 91.4 Å². The van der Waals surface area contributed by atoms with Crippen molar-refractivity contribution >= 4 is 33.7 Å². The lowest BCUT2D eigenvalue weighted by Crippen LogP contribution is -2.62. The maximum atomic E-state index is 12.7. The number of aliphatic hydroxyl groups is 2. The third-order valence-electron chi connectivity index (χ3n) is 13.7. The van der Waals surface area contributed by atoms with Gasteiger partial charge in [-0.15, -0.1) is 0 Å². The average molecular weight is 598 g/mol. The van der Waals surface area contributed by atoms with Gasteiger partial charge in [0.25, 0.3) is 0 Å². The molecule has 1 aromatic carbocycles. The molecule has 3 aromatic rings. The van der Waals surface area contributed by atoms with E-state index in [1.165, 1.54) is 11.3 Å². The van der Waals surface area contributed by atoms with Gasteiger partial charge in [0, 0.05) is 33.4 Å². The first-order valence-electron chi connectivity index (χ1n) is 16.5. The predicted molar refractivity (Wildman–Crippen MR) is 173 cm³/mol. The smallest absolute Gasteiger partial charge is 0.149 e. The fourth-order valence-electron chi connectivity index (χ4n) is 11.9. The standard InChI is InChI=1S/C38H47NO5/c1-18(2)29-32(43)27-26-20(23-16-34(3,4)44-35(5,6)28(23)31(26)42)15-21-22-14-19-10-11-24-36(7,17-40)25(41)12-13-37(24,8)38(19,9)33(22)39(29)30(21)27/h15-17,19,24-25,28,31,41-43H,1,10-14H2,2-9H3/t19?,24-,25-,28?,31+,36-,37-,38+/m0/s1. The number of carbonyl (C=O) groups is 1. The molecular weight excluding hydrogens is 550 g/mol. The summed E-state index contributed by atoms with van der Waals surface area (Å²) in [4.78, 5) is 12.7. The molecule has 1 aliphatic heterocycles. The van der Waals surface area contributed by atoms with Crippen LogP contribution in [0.15, 0.2) is 18.7 Å². The summed E-state index contributed by atoms with van der Waals surface area (Å²) in [6, 6.07) is 2.30. The molecule has 0 spiro atoms. The van der Waals surface area contributed by atoms with Gasteiger partial charge in [-0.05, 0) is 118 Å². The number of carbonyl (C=O) groups excluding carboxylic acids is 1. The Kier molecular flexibility index (Phi) is 5.35. The molecule has 2 saturated carbocycles. The van der Waals surface area contributed by atoms with Crippen molar-refractivity contribution in [1.82, 2.24) is 4.40 Å². The van der Waals surface area contributed by atoms with Gasteiger partial charge in [-0.3, -0.25) is 0 Å². The summed E-state index contributed by atoms with van der Waals surface area (Å²) in [6.45, 7) is 21.3. The number of fused-ring (bicyclic) bond motifs is 11. The van der Waals surface area contributed by atoms with Gasteiger partial charge >= 0.3 is 0 Å². The molecule has 2 aromatic heterocycles. The van der Waals surface area contributed by atoms with E-state index in [0.29, 0.717) is 18.0 Å². The van der Waals surface area contributed by atoms with Crippen molar-refractivity contribution in [3.63, 3.8) is 0 Å². The van der Waals surface area contributed by atoms with Crippen LogP contribution in [0, 0.1) is 28.6 Å². The van der Waals surface area contributed by atoms with Crippen molar-refractivity contribution in [3.8, 4) is 5.75 Å². The van der Waals surface area contributed by atoms with Crippen molar-refractivity contribution in [1.29, 1.82) is 0 Å². The average Bonchev–Trinajstić information content (AvgIpc) is 3.59. The van der Waals surface area contributed by atoms with Gasteiger partial charge in [-0.2, -0.15) is 0 Å². The summed E-state index contributed by atoms with van der Waals surface area (Å²) in [5, 5.41) is 37.2. The third kappa shape index (κ3) is 2.98. The highest BCUT2D eigenvalue weighted by atomic mass is 16.5. The van der Waals surface area contributed by atoms with E-state index in [1.54, 1.807) is 0 Å². The summed E-state index contributed by atoms with van der Waals surface area (Å²) in [6.07, 6.45) is 6.03. The molecule has 5 aliphatic rings. The Hall–Kier alpha value is -2.67. The van der Waals surface area contributed by atoms with Crippen LogP contribution in [0.25, 0.3) is 27.4 Å². The molecule has 44 heavy (non-hydrogen) atoms. The number of ether oxygens (including phenoxy) is 1. The highest BCUT2D eigenvalue weighted by molar-refractivity contribution is 6.11. The highest BCUT2D eigenvalue weighted by Gasteiger charge is 2.67. The van der Waals surface area contributed by atoms with Crippen molar-refractivity contribution in [2.75, 3.05) is 0 Å². The Balaban J connectivity index is 1.47. The van der Waals surface area contributed by atoms with Gasteiger partial charge in [0.15, 0.2) is 0 Å². The van der Waals surface area contributed by atoms with Gasteiger partial charge in [0.1, 0.15) is 12.0 Å². The molecule has 8 rings (SSSR count). The van der Waals surface area contributed by atoms with Crippen LogP contribution in [0.5, 0.6) is 5.75 Å². The molecule has 0 saturated heterocycles. The predicted octanol–water partition coefficient (Wildman–Crippen LogP) is 7.11. The number of benzene rings is 1. The molecule has 0 amide bonds. The highest BCUT2D eigenvalue weighted by Crippen LogP contribution is 2.71. The summed E-state index contributed by atoms with van der Waals surface area (Å²) < 4.78 is 8.80.